The van der Waals surface area contributed by atoms with Crippen LogP contribution in [0.1, 0.15) is 39.5 Å². The molecule has 5 heteroatoms. The quantitative estimate of drug-likeness (QED) is 0.175. The fourth-order valence-corrected chi connectivity index (χ4v) is 1.44. The van der Waals surface area contributed by atoms with Crippen LogP contribution in [0.15, 0.2) is 17.8 Å². The molecular formula is C13H25N3O2. The average molecular weight is 255 g/mol. The van der Waals surface area contributed by atoms with E-state index in [4.69, 9.17) is 15.0 Å². The van der Waals surface area contributed by atoms with Gasteiger partial charge in [0.05, 0.1) is 12.6 Å². The highest BCUT2D eigenvalue weighted by molar-refractivity contribution is 4.88. The monoisotopic (exact) mass is 255 g/mol. The largest absolute Gasteiger partial charge is 0.375 e. The van der Waals surface area contributed by atoms with Crippen LogP contribution in [-0.4, -0.2) is 32.0 Å². The zero-order chi connectivity index (χ0) is 13.6. The highest BCUT2D eigenvalue weighted by atomic mass is 16.5. The van der Waals surface area contributed by atoms with Crippen molar-refractivity contribution in [2.75, 3.05) is 19.8 Å². The van der Waals surface area contributed by atoms with Crippen LogP contribution in [0.3, 0.4) is 0 Å². The lowest BCUT2D eigenvalue weighted by molar-refractivity contribution is -0.0482. The minimum atomic E-state index is -0.234. The van der Waals surface area contributed by atoms with E-state index in [1.807, 2.05) is 0 Å². The summed E-state index contributed by atoms with van der Waals surface area (Å²) < 4.78 is 11.4. The molecule has 0 heterocycles. The van der Waals surface area contributed by atoms with E-state index in [2.05, 4.69) is 30.5 Å². The average Bonchev–Trinajstić information content (AvgIpc) is 2.39. The predicted octanol–water partition coefficient (Wildman–Crippen LogP) is 3.85. The van der Waals surface area contributed by atoms with E-state index < -0.39 is 0 Å². The maximum atomic E-state index is 8.39. The SMILES string of the molecule is C=C[C@H](OCCCC)[C@@H](CN=[N+]=[N-])OCCCC. The molecule has 0 aromatic heterocycles. The number of azide groups is 1. The Morgan fingerprint density at radius 1 is 1.22 bits per heavy atom. The summed E-state index contributed by atoms with van der Waals surface area (Å²) in [4.78, 5) is 2.77. The van der Waals surface area contributed by atoms with E-state index in [0.29, 0.717) is 13.2 Å². The second kappa shape index (κ2) is 12.4. The molecule has 0 fully saturated rings. The van der Waals surface area contributed by atoms with Crippen LogP contribution in [0, 0.1) is 0 Å². The number of hydrogen-bond donors (Lipinski definition) is 0. The van der Waals surface area contributed by atoms with Gasteiger partial charge in [0.2, 0.25) is 0 Å². The Morgan fingerprint density at radius 2 is 1.83 bits per heavy atom. The third-order valence-corrected chi connectivity index (χ3v) is 2.56. The first-order valence-corrected chi connectivity index (χ1v) is 6.66. The number of unbranched alkanes of at least 4 members (excludes halogenated alkanes) is 2. The predicted molar refractivity (Wildman–Crippen MR) is 73.5 cm³/mol. The van der Waals surface area contributed by atoms with Gasteiger partial charge in [0.25, 0.3) is 0 Å². The number of hydrogen-bond acceptors (Lipinski definition) is 3. The molecule has 0 aromatic carbocycles. The summed E-state index contributed by atoms with van der Waals surface area (Å²) in [6.45, 7) is 9.59. The molecule has 104 valence electrons. The van der Waals surface area contributed by atoms with Gasteiger partial charge < -0.3 is 9.47 Å². The Hall–Kier alpha value is -1.03. The van der Waals surface area contributed by atoms with E-state index in [0.717, 1.165) is 25.7 Å². The molecule has 0 spiro atoms. The molecule has 0 aliphatic carbocycles. The van der Waals surface area contributed by atoms with Crippen LogP contribution >= 0.6 is 0 Å². The molecule has 0 N–H and O–H groups in total. The van der Waals surface area contributed by atoms with Gasteiger partial charge in [0, 0.05) is 18.1 Å². The van der Waals surface area contributed by atoms with Crippen molar-refractivity contribution in [2.45, 2.75) is 51.7 Å². The minimum absolute atomic E-state index is 0.209. The number of ether oxygens (including phenoxy) is 2. The van der Waals surface area contributed by atoms with Gasteiger partial charge in [-0.2, -0.15) is 0 Å². The minimum Gasteiger partial charge on any atom is -0.375 e. The zero-order valence-corrected chi connectivity index (χ0v) is 11.5. The highest BCUT2D eigenvalue weighted by Crippen LogP contribution is 2.09. The van der Waals surface area contributed by atoms with Gasteiger partial charge in [0.1, 0.15) is 6.10 Å². The number of nitrogens with zero attached hydrogens (tertiary/aromatic N) is 3. The molecule has 0 amide bonds. The van der Waals surface area contributed by atoms with Crippen LogP contribution in [0.25, 0.3) is 10.4 Å². The standard InChI is InChI=1S/C13H25N3O2/c1-4-7-9-17-12(6-3)13(11-15-16-14)18-10-8-5-2/h6,12-13H,3-5,7-11H2,1-2H3/t12-,13+/m0/s1. The second-order valence-corrected chi connectivity index (χ2v) is 4.10. The lowest BCUT2D eigenvalue weighted by Crippen LogP contribution is -2.33. The van der Waals surface area contributed by atoms with Crippen molar-refractivity contribution >= 4 is 0 Å². The summed E-state index contributed by atoms with van der Waals surface area (Å²) >= 11 is 0. The summed E-state index contributed by atoms with van der Waals surface area (Å²) in [5.41, 5.74) is 8.39. The molecule has 0 aromatic rings. The summed E-state index contributed by atoms with van der Waals surface area (Å²) in [5, 5.41) is 3.58. The zero-order valence-electron chi connectivity index (χ0n) is 11.5. The topological polar surface area (TPSA) is 67.2 Å². The molecule has 0 unspecified atom stereocenters. The first-order valence-electron chi connectivity index (χ1n) is 6.66. The Morgan fingerprint density at radius 3 is 2.33 bits per heavy atom. The molecule has 0 saturated heterocycles. The summed E-state index contributed by atoms with van der Waals surface area (Å²) in [6, 6.07) is 0. The first kappa shape index (κ1) is 17.0. The molecule has 0 radical (unpaired) electrons. The van der Waals surface area contributed by atoms with E-state index in [9.17, 15) is 0 Å². The molecule has 2 atom stereocenters. The third-order valence-electron chi connectivity index (χ3n) is 2.56. The summed E-state index contributed by atoms with van der Waals surface area (Å²) in [7, 11) is 0. The second-order valence-electron chi connectivity index (χ2n) is 4.10. The number of rotatable bonds is 12. The summed E-state index contributed by atoms with van der Waals surface area (Å²) in [5.74, 6) is 0. The van der Waals surface area contributed by atoms with Crippen LogP contribution in [0.2, 0.25) is 0 Å². The highest BCUT2D eigenvalue weighted by Gasteiger charge is 2.19. The van der Waals surface area contributed by atoms with E-state index in [-0.39, 0.29) is 18.8 Å². The van der Waals surface area contributed by atoms with Gasteiger partial charge in [-0.1, -0.05) is 37.9 Å². The molecule has 0 aliphatic rings. The Bertz CT molecular complexity index is 253. The van der Waals surface area contributed by atoms with Crippen molar-refractivity contribution < 1.29 is 9.47 Å². The molecule has 5 nitrogen and oxygen atoms in total. The lowest BCUT2D eigenvalue weighted by atomic mass is 10.2. The van der Waals surface area contributed by atoms with Crippen molar-refractivity contribution in [2.24, 2.45) is 5.11 Å². The Kier molecular flexibility index (Phi) is 11.7. The van der Waals surface area contributed by atoms with Crippen molar-refractivity contribution in [3.05, 3.63) is 23.1 Å². The molecule has 0 aliphatic heterocycles. The van der Waals surface area contributed by atoms with Gasteiger partial charge in [0.15, 0.2) is 0 Å². The molecule has 18 heavy (non-hydrogen) atoms. The van der Waals surface area contributed by atoms with Gasteiger partial charge in [-0.15, -0.1) is 6.58 Å². The van der Waals surface area contributed by atoms with Gasteiger partial charge in [-0.25, -0.2) is 0 Å². The van der Waals surface area contributed by atoms with Crippen LogP contribution in [-0.2, 0) is 9.47 Å². The van der Waals surface area contributed by atoms with Crippen molar-refractivity contribution in [1.29, 1.82) is 0 Å². The Labute approximate surface area is 110 Å². The third kappa shape index (κ3) is 8.12. The molecule has 0 bridgehead atoms. The van der Waals surface area contributed by atoms with Crippen LogP contribution in [0.4, 0.5) is 0 Å². The van der Waals surface area contributed by atoms with Crippen molar-refractivity contribution in [1.82, 2.24) is 0 Å². The van der Waals surface area contributed by atoms with Crippen LogP contribution in [0.5, 0.6) is 0 Å². The van der Waals surface area contributed by atoms with E-state index >= 15 is 0 Å². The van der Waals surface area contributed by atoms with Crippen molar-refractivity contribution in [3.63, 3.8) is 0 Å². The van der Waals surface area contributed by atoms with Gasteiger partial charge in [-0.05, 0) is 18.4 Å². The Balaban J connectivity index is 4.26. The van der Waals surface area contributed by atoms with Gasteiger partial charge >= 0.3 is 0 Å². The van der Waals surface area contributed by atoms with E-state index in [1.54, 1.807) is 6.08 Å². The first-order chi connectivity index (χ1) is 8.79. The van der Waals surface area contributed by atoms with Crippen molar-refractivity contribution in [3.8, 4) is 0 Å². The maximum Gasteiger partial charge on any atom is 0.102 e. The fourth-order valence-electron chi connectivity index (χ4n) is 1.44. The smallest absolute Gasteiger partial charge is 0.102 e. The summed E-state index contributed by atoms with van der Waals surface area (Å²) in [6.07, 6.45) is 5.43. The maximum absolute atomic E-state index is 8.39. The normalized spacial score (nSPS) is 13.7. The molecule has 0 saturated carbocycles. The fraction of sp³-hybridized carbons (Fsp3) is 0.846. The van der Waals surface area contributed by atoms with Crippen LogP contribution < -0.4 is 0 Å². The van der Waals surface area contributed by atoms with Gasteiger partial charge in [-0.3, -0.25) is 0 Å². The van der Waals surface area contributed by atoms with E-state index in [1.165, 1.54) is 0 Å². The lowest BCUT2D eigenvalue weighted by Gasteiger charge is -2.23. The molecular weight excluding hydrogens is 230 g/mol. The molecule has 0 rings (SSSR count).